The van der Waals surface area contributed by atoms with Crippen molar-refractivity contribution in [2.45, 2.75) is 6.42 Å². The van der Waals surface area contributed by atoms with Gasteiger partial charge in [-0.05, 0) is 11.8 Å². The summed E-state index contributed by atoms with van der Waals surface area (Å²) in [7, 11) is 0. The van der Waals surface area contributed by atoms with Crippen LogP contribution in [-0.2, 0) is 6.42 Å². The molecule has 86 valence electrons. The summed E-state index contributed by atoms with van der Waals surface area (Å²) in [5.41, 5.74) is 13.4. The summed E-state index contributed by atoms with van der Waals surface area (Å²) in [6, 6.07) is 10.2. The van der Waals surface area contributed by atoms with Crippen molar-refractivity contribution < 1.29 is 0 Å². The fraction of sp³-hybridized carbons (Fsp3) is 0.231. The van der Waals surface area contributed by atoms with Crippen molar-refractivity contribution >= 4 is 0 Å². The van der Waals surface area contributed by atoms with Crippen molar-refractivity contribution in [3.8, 4) is 0 Å². The first-order valence-corrected chi connectivity index (χ1v) is 5.35. The van der Waals surface area contributed by atoms with Gasteiger partial charge in [0, 0.05) is 31.4 Å². The second-order valence-electron chi connectivity index (χ2n) is 3.49. The monoisotopic (exact) mass is 217 g/mol. The maximum atomic E-state index is 5.64. The first-order valence-electron chi connectivity index (χ1n) is 5.35. The Morgan fingerprint density at radius 2 is 2.00 bits per heavy atom. The molecule has 0 bridgehead atoms. The van der Waals surface area contributed by atoms with E-state index in [0.29, 0.717) is 6.54 Å². The third kappa shape index (κ3) is 3.44. The average Bonchev–Trinajstić information content (AvgIpc) is 2.35. The zero-order chi connectivity index (χ0) is 11.8. The molecule has 0 heterocycles. The van der Waals surface area contributed by atoms with Crippen LogP contribution < -0.4 is 11.5 Å². The van der Waals surface area contributed by atoms with Gasteiger partial charge in [-0.1, -0.05) is 36.9 Å². The molecule has 0 amide bonds. The second kappa shape index (κ2) is 6.69. The second-order valence-corrected chi connectivity index (χ2v) is 3.49. The Morgan fingerprint density at radius 3 is 2.50 bits per heavy atom. The molecule has 1 aromatic rings. The lowest BCUT2D eigenvalue weighted by atomic mass is 10.1. The van der Waals surface area contributed by atoms with Gasteiger partial charge >= 0.3 is 0 Å². The van der Waals surface area contributed by atoms with Crippen LogP contribution in [0.25, 0.3) is 0 Å². The fourth-order valence-corrected chi connectivity index (χ4v) is 1.55. The maximum Gasteiger partial charge on any atom is 0.0374 e. The van der Waals surface area contributed by atoms with Gasteiger partial charge in [-0.2, -0.15) is 0 Å². The van der Waals surface area contributed by atoms with Crippen LogP contribution in [0.15, 0.2) is 55.0 Å². The van der Waals surface area contributed by atoms with Gasteiger partial charge in [-0.25, -0.2) is 0 Å². The molecule has 0 aliphatic heterocycles. The molecule has 0 aromatic heterocycles. The maximum absolute atomic E-state index is 5.64. The molecule has 0 unspecified atom stereocenters. The van der Waals surface area contributed by atoms with Crippen LogP contribution >= 0.6 is 0 Å². The lowest BCUT2D eigenvalue weighted by Crippen LogP contribution is -2.25. The predicted octanol–water partition coefficient (Wildman–Crippen LogP) is 1.43. The molecule has 0 saturated carbocycles. The molecule has 3 nitrogen and oxygen atoms in total. The SMILES string of the molecule is C=CN(CCN)/C(=C\N)Cc1ccccc1. The van der Waals surface area contributed by atoms with E-state index < -0.39 is 0 Å². The Bertz CT molecular complexity index is 343. The first-order chi connectivity index (χ1) is 7.81. The van der Waals surface area contributed by atoms with E-state index in [1.165, 1.54) is 5.56 Å². The number of allylic oxidation sites excluding steroid dienone is 1. The van der Waals surface area contributed by atoms with Crippen molar-refractivity contribution in [1.82, 2.24) is 4.90 Å². The van der Waals surface area contributed by atoms with Gasteiger partial charge < -0.3 is 16.4 Å². The van der Waals surface area contributed by atoms with Gasteiger partial charge in [0.25, 0.3) is 0 Å². The predicted molar refractivity (Wildman–Crippen MR) is 68.4 cm³/mol. The minimum Gasteiger partial charge on any atom is -0.403 e. The molecule has 4 N–H and O–H groups in total. The Kier molecular flexibility index (Phi) is 5.16. The van der Waals surface area contributed by atoms with Crippen LogP contribution in [-0.4, -0.2) is 18.0 Å². The van der Waals surface area contributed by atoms with Crippen LogP contribution in [0.3, 0.4) is 0 Å². The highest BCUT2D eigenvalue weighted by molar-refractivity contribution is 5.21. The number of rotatable bonds is 6. The number of nitrogens with two attached hydrogens (primary N) is 2. The van der Waals surface area contributed by atoms with E-state index in [2.05, 4.69) is 18.7 Å². The minimum absolute atomic E-state index is 0.581. The summed E-state index contributed by atoms with van der Waals surface area (Å²) in [6.07, 6.45) is 4.17. The molecule has 1 rings (SSSR count). The van der Waals surface area contributed by atoms with Crippen LogP contribution in [0, 0.1) is 0 Å². The van der Waals surface area contributed by atoms with Gasteiger partial charge in [0.05, 0.1) is 0 Å². The summed E-state index contributed by atoms with van der Waals surface area (Å²) < 4.78 is 0. The molecule has 0 fully saturated rings. The van der Waals surface area contributed by atoms with Gasteiger partial charge in [-0.3, -0.25) is 0 Å². The minimum atomic E-state index is 0.581. The van der Waals surface area contributed by atoms with Crippen molar-refractivity contribution in [2.75, 3.05) is 13.1 Å². The number of nitrogens with zero attached hydrogens (tertiary/aromatic N) is 1. The van der Waals surface area contributed by atoms with E-state index in [4.69, 9.17) is 11.5 Å². The van der Waals surface area contributed by atoms with Gasteiger partial charge in [0.15, 0.2) is 0 Å². The Hall–Kier alpha value is -1.74. The van der Waals surface area contributed by atoms with E-state index in [1.54, 1.807) is 12.4 Å². The van der Waals surface area contributed by atoms with Crippen LogP contribution in [0.2, 0.25) is 0 Å². The quantitative estimate of drug-likeness (QED) is 0.758. The fourth-order valence-electron chi connectivity index (χ4n) is 1.55. The topological polar surface area (TPSA) is 55.3 Å². The molecular weight excluding hydrogens is 198 g/mol. The molecule has 0 atom stereocenters. The third-order valence-corrected chi connectivity index (χ3v) is 2.38. The van der Waals surface area contributed by atoms with E-state index in [-0.39, 0.29) is 0 Å². The summed E-state index contributed by atoms with van der Waals surface area (Å²) in [4.78, 5) is 1.98. The van der Waals surface area contributed by atoms with Gasteiger partial charge in [0.2, 0.25) is 0 Å². The van der Waals surface area contributed by atoms with Crippen molar-refractivity contribution in [3.63, 3.8) is 0 Å². The van der Waals surface area contributed by atoms with Gasteiger partial charge in [0.1, 0.15) is 0 Å². The average molecular weight is 217 g/mol. The molecule has 0 radical (unpaired) electrons. The van der Waals surface area contributed by atoms with Crippen LogP contribution in [0.1, 0.15) is 5.56 Å². The Balaban J connectivity index is 2.72. The summed E-state index contributed by atoms with van der Waals surface area (Å²) in [5, 5.41) is 0. The number of hydrogen-bond acceptors (Lipinski definition) is 3. The van der Waals surface area contributed by atoms with E-state index in [1.807, 2.05) is 23.1 Å². The zero-order valence-electron chi connectivity index (χ0n) is 9.47. The molecule has 3 heteroatoms. The van der Waals surface area contributed by atoms with Crippen molar-refractivity contribution in [2.24, 2.45) is 11.5 Å². The van der Waals surface area contributed by atoms with Gasteiger partial charge in [-0.15, -0.1) is 0 Å². The highest BCUT2D eigenvalue weighted by atomic mass is 15.1. The highest BCUT2D eigenvalue weighted by Gasteiger charge is 2.05. The summed E-state index contributed by atoms with van der Waals surface area (Å²) in [5.74, 6) is 0. The van der Waals surface area contributed by atoms with Crippen molar-refractivity contribution in [3.05, 3.63) is 60.6 Å². The van der Waals surface area contributed by atoms with Crippen LogP contribution in [0.5, 0.6) is 0 Å². The van der Waals surface area contributed by atoms with E-state index in [9.17, 15) is 0 Å². The summed E-state index contributed by atoms with van der Waals surface area (Å²) >= 11 is 0. The number of hydrogen-bond donors (Lipinski definition) is 2. The molecule has 0 saturated heterocycles. The summed E-state index contributed by atoms with van der Waals surface area (Å²) in [6.45, 7) is 5.08. The Morgan fingerprint density at radius 1 is 1.31 bits per heavy atom. The Labute approximate surface area is 97.0 Å². The van der Waals surface area contributed by atoms with Crippen LogP contribution in [0.4, 0.5) is 0 Å². The smallest absolute Gasteiger partial charge is 0.0374 e. The zero-order valence-corrected chi connectivity index (χ0v) is 9.47. The van der Waals surface area contributed by atoms with E-state index >= 15 is 0 Å². The molecular formula is C13H19N3. The third-order valence-electron chi connectivity index (χ3n) is 2.38. The highest BCUT2D eigenvalue weighted by Crippen LogP contribution is 2.11. The molecule has 1 aromatic carbocycles. The number of benzene rings is 1. The van der Waals surface area contributed by atoms with E-state index in [0.717, 1.165) is 18.7 Å². The normalized spacial score (nSPS) is 11.2. The largest absolute Gasteiger partial charge is 0.403 e. The molecule has 0 aliphatic rings. The first kappa shape index (κ1) is 12.3. The molecule has 0 aliphatic carbocycles. The molecule has 0 spiro atoms. The lowest BCUT2D eigenvalue weighted by Gasteiger charge is -2.22. The standard InChI is InChI=1S/C13H19N3/c1-2-16(9-8-14)13(11-15)10-12-6-4-3-5-7-12/h2-7,11H,1,8-10,14-15H2/b13-11-. The van der Waals surface area contributed by atoms with Crippen molar-refractivity contribution in [1.29, 1.82) is 0 Å². The molecule has 16 heavy (non-hydrogen) atoms. The lowest BCUT2D eigenvalue weighted by molar-refractivity contribution is 0.463.